The monoisotopic (exact) mass is 365 g/mol. The number of benzene rings is 2. The van der Waals surface area contributed by atoms with Gasteiger partial charge in [0.15, 0.2) is 0 Å². The molecule has 0 aliphatic carbocycles. The van der Waals surface area contributed by atoms with Gasteiger partial charge < -0.3 is 10.4 Å². The van der Waals surface area contributed by atoms with E-state index in [-0.39, 0.29) is 33.8 Å². The Balaban J connectivity index is 2.22. The maximum Gasteiger partial charge on any atom is 0.279 e. The molecule has 2 aromatic carbocycles. The van der Waals surface area contributed by atoms with Crippen molar-refractivity contribution >= 4 is 22.5 Å². The van der Waals surface area contributed by atoms with E-state index in [4.69, 9.17) is 0 Å². The van der Waals surface area contributed by atoms with Crippen molar-refractivity contribution in [1.29, 1.82) is 0 Å². The van der Waals surface area contributed by atoms with Crippen LogP contribution in [0.2, 0.25) is 0 Å². The number of carbonyl (C=O) groups is 1. The average molecular weight is 365 g/mol. The number of nitro groups is 1. The first-order chi connectivity index (χ1) is 13.0. The number of nitrogens with one attached hydrogen (secondary N) is 1. The van der Waals surface area contributed by atoms with Gasteiger partial charge >= 0.3 is 0 Å². The summed E-state index contributed by atoms with van der Waals surface area (Å²) in [5, 5.41) is 25.5. The predicted octanol–water partition coefficient (Wildman–Crippen LogP) is 3.85. The normalized spacial score (nSPS) is 11.9. The number of hydrogen-bond acceptors (Lipinski definition) is 5. The fraction of sp³-hybridized carbons (Fsp3) is 0.200. The third-order valence-electron chi connectivity index (χ3n) is 4.30. The first-order valence-corrected chi connectivity index (χ1v) is 8.62. The summed E-state index contributed by atoms with van der Waals surface area (Å²) in [6.07, 6.45) is 2.44. The highest BCUT2D eigenvalue weighted by Gasteiger charge is 2.26. The van der Waals surface area contributed by atoms with Gasteiger partial charge in [0.25, 0.3) is 5.69 Å². The Morgan fingerprint density at radius 2 is 2.00 bits per heavy atom. The number of phenols is 1. The smallest absolute Gasteiger partial charge is 0.279 e. The van der Waals surface area contributed by atoms with E-state index in [0.717, 1.165) is 0 Å². The summed E-state index contributed by atoms with van der Waals surface area (Å²) in [5.74, 6) is -0.378. The van der Waals surface area contributed by atoms with Crippen LogP contribution in [0.3, 0.4) is 0 Å². The van der Waals surface area contributed by atoms with Crippen LogP contribution in [0.25, 0.3) is 10.9 Å². The molecule has 0 saturated heterocycles. The number of hydrogen-bond donors (Lipinski definition) is 2. The molecular formula is C20H19N3O4. The van der Waals surface area contributed by atoms with Gasteiger partial charge in [-0.1, -0.05) is 37.3 Å². The van der Waals surface area contributed by atoms with Gasteiger partial charge in [-0.2, -0.15) is 0 Å². The van der Waals surface area contributed by atoms with Crippen LogP contribution in [0.1, 0.15) is 36.9 Å². The fourth-order valence-electron chi connectivity index (χ4n) is 3.05. The van der Waals surface area contributed by atoms with Crippen molar-refractivity contribution in [3.05, 3.63) is 76.0 Å². The molecule has 0 aliphatic heterocycles. The number of pyridine rings is 1. The molecule has 2 N–H and O–H groups in total. The molecule has 1 atom stereocenters. The number of nitrogens with zero attached hydrogens (tertiary/aromatic N) is 2. The van der Waals surface area contributed by atoms with E-state index >= 15 is 0 Å². The van der Waals surface area contributed by atoms with Gasteiger partial charge in [0.05, 0.1) is 16.4 Å². The lowest BCUT2D eigenvalue weighted by molar-refractivity contribution is -0.383. The summed E-state index contributed by atoms with van der Waals surface area (Å²) in [4.78, 5) is 27.4. The van der Waals surface area contributed by atoms with Gasteiger partial charge in [-0.05, 0) is 24.1 Å². The largest absolute Gasteiger partial charge is 0.505 e. The van der Waals surface area contributed by atoms with Gasteiger partial charge in [-0.15, -0.1) is 0 Å². The highest BCUT2D eigenvalue weighted by molar-refractivity contribution is 5.93. The Morgan fingerprint density at radius 1 is 1.26 bits per heavy atom. The van der Waals surface area contributed by atoms with Crippen molar-refractivity contribution in [1.82, 2.24) is 10.3 Å². The zero-order valence-electron chi connectivity index (χ0n) is 14.8. The highest BCUT2D eigenvalue weighted by Crippen LogP contribution is 2.39. The van der Waals surface area contributed by atoms with E-state index in [1.165, 1.54) is 18.3 Å². The molecule has 0 bridgehead atoms. The number of aromatic nitrogens is 1. The molecule has 27 heavy (non-hydrogen) atoms. The van der Waals surface area contributed by atoms with Crippen LogP contribution >= 0.6 is 0 Å². The molecule has 0 spiro atoms. The topological polar surface area (TPSA) is 105 Å². The van der Waals surface area contributed by atoms with Crippen LogP contribution < -0.4 is 5.32 Å². The second-order valence-electron chi connectivity index (χ2n) is 6.15. The fourth-order valence-corrected chi connectivity index (χ4v) is 3.05. The molecule has 0 radical (unpaired) electrons. The van der Waals surface area contributed by atoms with Crippen LogP contribution in [0, 0.1) is 10.1 Å². The third kappa shape index (κ3) is 3.72. The zero-order chi connectivity index (χ0) is 19.4. The lowest BCUT2D eigenvalue weighted by Crippen LogP contribution is -2.29. The van der Waals surface area contributed by atoms with Gasteiger partial charge in [0.1, 0.15) is 11.3 Å². The van der Waals surface area contributed by atoms with Gasteiger partial charge in [0, 0.05) is 24.2 Å². The van der Waals surface area contributed by atoms with E-state index in [2.05, 4.69) is 10.3 Å². The number of carbonyl (C=O) groups excluding carboxylic acids is 1. The van der Waals surface area contributed by atoms with Crippen LogP contribution in [-0.4, -0.2) is 20.9 Å². The summed E-state index contributed by atoms with van der Waals surface area (Å²) in [6, 6.07) is 12.7. The molecular weight excluding hydrogens is 346 g/mol. The van der Waals surface area contributed by atoms with Gasteiger partial charge in [-0.25, -0.2) is 0 Å². The van der Waals surface area contributed by atoms with E-state index in [0.29, 0.717) is 18.4 Å². The van der Waals surface area contributed by atoms with E-state index in [9.17, 15) is 20.0 Å². The summed E-state index contributed by atoms with van der Waals surface area (Å²) in [6.45, 7) is 1.89. The average Bonchev–Trinajstić information content (AvgIpc) is 2.67. The molecule has 7 heteroatoms. The van der Waals surface area contributed by atoms with Gasteiger partial charge in [0.2, 0.25) is 5.91 Å². The first kappa shape index (κ1) is 18.3. The maximum absolute atomic E-state index is 12.3. The Bertz CT molecular complexity index is 989. The molecule has 7 nitrogen and oxygen atoms in total. The highest BCUT2D eigenvalue weighted by atomic mass is 16.6. The zero-order valence-corrected chi connectivity index (χ0v) is 14.8. The Hall–Kier alpha value is -3.48. The quantitative estimate of drug-likeness (QED) is 0.510. The number of nitro benzene ring substituents is 1. The molecule has 3 aromatic rings. The molecule has 138 valence electrons. The molecule has 1 aromatic heterocycles. The van der Waals surface area contributed by atoms with Crippen LogP contribution in [0.5, 0.6) is 5.75 Å². The molecule has 1 amide bonds. The molecule has 0 fully saturated rings. The van der Waals surface area contributed by atoms with Crippen molar-refractivity contribution in [3.8, 4) is 5.75 Å². The van der Waals surface area contributed by atoms with Crippen LogP contribution in [-0.2, 0) is 4.79 Å². The van der Waals surface area contributed by atoms with E-state index in [1.54, 1.807) is 30.3 Å². The lowest BCUT2D eigenvalue weighted by Gasteiger charge is -2.21. The van der Waals surface area contributed by atoms with E-state index in [1.807, 2.05) is 13.0 Å². The third-order valence-corrected chi connectivity index (χ3v) is 4.30. The minimum absolute atomic E-state index is 0.132. The van der Waals surface area contributed by atoms with Crippen molar-refractivity contribution in [2.24, 2.45) is 0 Å². The predicted molar refractivity (Wildman–Crippen MR) is 101 cm³/mol. The second kappa shape index (κ2) is 7.82. The number of amides is 1. The minimum Gasteiger partial charge on any atom is -0.505 e. The summed E-state index contributed by atoms with van der Waals surface area (Å²) < 4.78 is 0. The molecule has 1 heterocycles. The number of rotatable bonds is 6. The van der Waals surface area contributed by atoms with Crippen molar-refractivity contribution in [2.45, 2.75) is 25.8 Å². The molecule has 0 aliphatic rings. The molecule has 3 rings (SSSR count). The van der Waals surface area contributed by atoms with Crippen molar-refractivity contribution in [3.63, 3.8) is 0 Å². The van der Waals surface area contributed by atoms with E-state index < -0.39 is 11.0 Å². The number of fused-ring (bicyclic) bond motifs is 1. The lowest BCUT2D eigenvalue weighted by atomic mass is 9.95. The number of non-ortho nitro benzene ring substituents is 1. The Labute approximate surface area is 155 Å². The second-order valence-corrected chi connectivity index (χ2v) is 6.15. The summed E-state index contributed by atoms with van der Waals surface area (Å²) in [7, 11) is 0. The van der Waals surface area contributed by atoms with Gasteiger partial charge in [-0.3, -0.25) is 19.9 Å². The minimum atomic E-state index is -0.727. The first-order valence-electron chi connectivity index (χ1n) is 8.62. The maximum atomic E-state index is 12.3. The standard InChI is InChI=1S/C20H19N3O4/c1-2-7-17(24)22-18(13-8-4-3-5-9-13)15-12-16(23(26)27)14-10-6-11-21-19(14)20(15)25/h3-6,8-12,18,25H,2,7H2,1H3,(H,22,24)/t18-/m0/s1. The van der Waals surface area contributed by atoms with Crippen LogP contribution in [0.15, 0.2) is 54.7 Å². The summed E-state index contributed by atoms with van der Waals surface area (Å²) in [5.41, 5.74) is 0.911. The molecule has 0 saturated carbocycles. The van der Waals surface area contributed by atoms with Crippen molar-refractivity contribution in [2.75, 3.05) is 0 Å². The van der Waals surface area contributed by atoms with Crippen LogP contribution in [0.4, 0.5) is 5.69 Å². The SMILES string of the molecule is CCCC(=O)N[C@@H](c1ccccc1)c1cc([N+](=O)[O-])c2cccnc2c1O. The number of aromatic hydroxyl groups is 1. The summed E-state index contributed by atoms with van der Waals surface area (Å²) >= 11 is 0. The molecule has 0 unspecified atom stereocenters. The van der Waals surface area contributed by atoms with Crippen molar-refractivity contribution < 1.29 is 14.8 Å². The number of phenolic OH excluding ortho intramolecular Hbond substituents is 1. The Morgan fingerprint density at radius 3 is 2.67 bits per heavy atom. The Kier molecular flexibility index (Phi) is 5.30.